The molecule has 6 nitrogen and oxygen atoms in total. The second-order valence-corrected chi connectivity index (χ2v) is 8.72. The van der Waals surface area contributed by atoms with Gasteiger partial charge in [-0.15, -0.1) is 0 Å². The lowest BCUT2D eigenvalue weighted by Crippen LogP contribution is -2.24. The topological polar surface area (TPSA) is 68.7 Å². The smallest absolute Gasteiger partial charge is 0.306 e. The molecule has 0 fully saturated rings. The molecule has 34 heavy (non-hydrogen) atoms. The number of anilines is 1. The molecule has 0 N–H and O–H groups in total. The fourth-order valence-corrected chi connectivity index (χ4v) is 4.35. The van der Waals surface area contributed by atoms with Gasteiger partial charge in [-0.3, -0.25) is 14.6 Å². The van der Waals surface area contributed by atoms with E-state index in [4.69, 9.17) is 9.47 Å². The zero-order chi connectivity index (χ0) is 24.0. The first-order chi connectivity index (χ1) is 16.7. The zero-order valence-electron chi connectivity index (χ0n) is 20.2. The number of rotatable bonds is 15. The molecule has 1 aliphatic heterocycles. The van der Waals surface area contributed by atoms with E-state index in [1.807, 2.05) is 24.3 Å². The van der Waals surface area contributed by atoms with Crippen LogP contribution in [0.15, 0.2) is 54.9 Å². The third-order valence-corrected chi connectivity index (χ3v) is 6.12. The summed E-state index contributed by atoms with van der Waals surface area (Å²) >= 11 is 0. The maximum atomic E-state index is 12.2. The summed E-state index contributed by atoms with van der Waals surface area (Å²) in [6.45, 7) is 2.57. The monoisotopic (exact) mass is 464 g/mol. The highest BCUT2D eigenvalue weighted by Crippen LogP contribution is 2.38. The summed E-state index contributed by atoms with van der Waals surface area (Å²) in [7, 11) is 1.60. The summed E-state index contributed by atoms with van der Waals surface area (Å²) in [4.78, 5) is 30.7. The van der Waals surface area contributed by atoms with Crippen molar-refractivity contribution in [3.63, 3.8) is 0 Å². The summed E-state index contributed by atoms with van der Waals surface area (Å²) in [6.07, 6.45) is 13.3. The van der Waals surface area contributed by atoms with Crippen LogP contribution in [0, 0.1) is 0 Å². The number of carbonyl (C=O) groups excluding carboxylic acids is 2. The number of pyridine rings is 1. The van der Waals surface area contributed by atoms with Gasteiger partial charge < -0.3 is 14.4 Å². The van der Waals surface area contributed by atoms with E-state index in [0.29, 0.717) is 26.1 Å². The van der Waals surface area contributed by atoms with Crippen LogP contribution in [0.4, 0.5) is 5.69 Å². The van der Waals surface area contributed by atoms with Gasteiger partial charge in [0.1, 0.15) is 6.61 Å². The van der Waals surface area contributed by atoms with Crippen LogP contribution < -0.4 is 4.90 Å². The van der Waals surface area contributed by atoms with Gasteiger partial charge in [-0.25, -0.2) is 0 Å². The van der Waals surface area contributed by atoms with E-state index >= 15 is 0 Å². The molecule has 0 amide bonds. The average Bonchev–Trinajstić information content (AvgIpc) is 3.20. The highest BCUT2D eigenvalue weighted by molar-refractivity contribution is 5.93. The van der Waals surface area contributed by atoms with Crippen molar-refractivity contribution in [2.75, 3.05) is 38.3 Å². The Morgan fingerprint density at radius 2 is 1.88 bits per heavy atom. The second kappa shape index (κ2) is 14.3. The number of methoxy groups -OCH3 is 1. The number of carbonyl (C=O) groups is 2. The SMILES string of the molecule is COCCOC(=O)CC1CN(CCCCCCCC(=O)/C=C/c2cccnc2)c2ccccc21. The molecule has 0 spiro atoms. The quantitative estimate of drug-likeness (QED) is 0.205. The minimum absolute atomic E-state index is 0.163. The van der Waals surface area contributed by atoms with Crippen LogP contribution in [0.2, 0.25) is 0 Å². The van der Waals surface area contributed by atoms with E-state index in [1.165, 1.54) is 11.3 Å². The highest BCUT2D eigenvalue weighted by atomic mass is 16.6. The summed E-state index contributed by atoms with van der Waals surface area (Å²) in [5, 5.41) is 0. The van der Waals surface area contributed by atoms with Crippen LogP contribution in [0.5, 0.6) is 0 Å². The number of para-hydroxylation sites is 1. The fourth-order valence-electron chi connectivity index (χ4n) is 4.35. The zero-order valence-corrected chi connectivity index (χ0v) is 20.2. The van der Waals surface area contributed by atoms with E-state index in [1.54, 1.807) is 25.6 Å². The van der Waals surface area contributed by atoms with Crippen molar-refractivity contribution in [1.82, 2.24) is 4.98 Å². The molecule has 2 heterocycles. The number of aromatic nitrogens is 1. The molecule has 1 aromatic heterocycles. The van der Waals surface area contributed by atoms with Gasteiger partial charge in [0.2, 0.25) is 0 Å². The lowest BCUT2D eigenvalue weighted by Gasteiger charge is -2.20. The number of unbranched alkanes of at least 4 members (excludes halogenated alkanes) is 4. The van der Waals surface area contributed by atoms with E-state index in [-0.39, 0.29) is 17.7 Å². The summed E-state index contributed by atoms with van der Waals surface area (Å²) in [6, 6.07) is 12.2. The van der Waals surface area contributed by atoms with Crippen LogP contribution in [0.25, 0.3) is 6.08 Å². The van der Waals surface area contributed by atoms with Gasteiger partial charge in [0.15, 0.2) is 5.78 Å². The maximum Gasteiger partial charge on any atom is 0.306 e. The molecule has 182 valence electrons. The first kappa shape index (κ1) is 25.6. The fraction of sp³-hybridized carbons (Fsp3) is 0.464. The number of nitrogens with zero attached hydrogens (tertiary/aromatic N) is 2. The Morgan fingerprint density at radius 3 is 2.71 bits per heavy atom. The van der Waals surface area contributed by atoms with Crippen LogP contribution in [-0.4, -0.2) is 50.1 Å². The molecule has 0 bridgehead atoms. The number of hydrogen-bond donors (Lipinski definition) is 0. The predicted molar refractivity (Wildman–Crippen MR) is 135 cm³/mol. The summed E-state index contributed by atoms with van der Waals surface area (Å²) in [5.41, 5.74) is 3.43. The molecule has 3 rings (SSSR count). The summed E-state index contributed by atoms with van der Waals surface area (Å²) in [5.74, 6) is 0.185. The van der Waals surface area contributed by atoms with Crippen molar-refractivity contribution in [3.8, 4) is 0 Å². The number of benzene rings is 1. The Bertz CT molecular complexity index is 929. The molecule has 1 aromatic carbocycles. The molecule has 0 saturated carbocycles. The minimum Gasteiger partial charge on any atom is -0.463 e. The molecule has 1 unspecified atom stereocenters. The van der Waals surface area contributed by atoms with Crippen molar-refractivity contribution in [2.45, 2.75) is 50.9 Å². The van der Waals surface area contributed by atoms with E-state index < -0.39 is 0 Å². The van der Waals surface area contributed by atoms with Crippen molar-refractivity contribution in [2.24, 2.45) is 0 Å². The molecular formula is C28H36N2O4. The van der Waals surface area contributed by atoms with Gasteiger partial charge in [-0.2, -0.15) is 0 Å². The highest BCUT2D eigenvalue weighted by Gasteiger charge is 2.29. The molecule has 6 heteroatoms. The third kappa shape index (κ3) is 8.41. The Labute approximate surface area is 203 Å². The predicted octanol–water partition coefficient (Wildman–Crippen LogP) is 5.19. The molecule has 1 atom stereocenters. The number of esters is 1. The van der Waals surface area contributed by atoms with Gasteiger partial charge in [0.25, 0.3) is 0 Å². The molecule has 2 aromatic rings. The molecule has 1 aliphatic rings. The van der Waals surface area contributed by atoms with Crippen LogP contribution in [0.1, 0.15) is 62.0 Å². The second-order valence-electron chi connectivity index (χ2n) is 8.72. The average molecular weight is 465 g/mol. The largest absolute Gasteiger partial charge is 0.463 e. The Kier molecular flexibility index (Phi) is 10.8. The molecule has 0 radical (unpaired) electrons. The molecule has 0 saturated heterocycles. The Balaban J connectivity index is 1.32. The van der Waals surface area contributed by atoms with Gasteiger partial charge in [-0.05, 0) is 48.3 Å². The van der Waals surface area contributed by atoms with Crippen molar-refractivity contribution >= 4 is 23.5 Å². The number of hydrogen-bond acceptors (Lipinski definition) is 6. The van der Waals surface area contributed by atoms with Crippen molar-refractivity contribution in [1.29, 1.82) is 0 Å². The van der Waals surface area contributed by atoms with Crippen molar-refractivity contribution in [3.05, 3.63) is 66.0 Å². The van der Waals surface area contributed by atoms with Crippen LogP contribution in [0.3, 0.4) is 0 Å². The first-order valence-corrected chi connectivity index (χ1v) is 12.3. The maximum absolute atomic E-state index is 12.2. The van der Waals surface area contributed by atoms with Crippen LogP contribution >= 0.6 is 0 Å². The normalized spacial score (nSPS) is 15.0. The minimum atomic E-state index is -0.163. The van der Waals surface area contributed by atoms with Gasteiger partial charge >= 0.3 is 5.97 Å². The van der Waals surface area contributed by atoms with E-state index in [0.717, 1.165) is 50.8 Å². The standard InChI is InChI=1S/C28H36N2O4/c1-33-18-19-34-28(32)20-24-22-30(27-13-7-6-12-26(24)27)17-8-4-2-3-5-11-25(31)15-14-23-10-9-16-29-21-23/h6-7,9-10,12-16,21,24H,2-5,8,11,17-20,22H2,1H3/b15-14+. The number of fused-ring (bicyclic) bond motifs is 1. The number of ketones is 1. The Hall–Kier alpha value is -2.99. The molecule has 0 aliphatic carbocycles. The first-order valence-electron chi connectivity index (χ1n) is 12.3. The Morgan fingerprint density at radius 1 is 1.06 bits per heavy atom. The number of allylic oxidation sites excluding steroid dienone is 1. The van der Waals surface area contributed by atoms with Gasteiger partial charge in [-0.1, -0.05) is 43.5 Å². The van der Waals surface area contributed by atoms with Crippen molar-refractivity contribution < 1.29 is 19.1 Å². The lowest BCUT2D eigenvalue weighted by molar-refractivity contribution is -0.145. The lowest BCUT2D eigenvalue weighted by atomic mass is 9.98. The van der Waals surface area contributed by atoms with E-state index in [9.17, 15) is 9.59 Å². The number of ether oxygens (including phenoxy) is 2. The third-order valence-electron chi connectivity index (χ3n) is 6.12. The molecular weight excluding hydrogens is 428 g/mol. The van der Waals surface area contributed by atoms with E-state index in [2.05, 4.69) is 28.1 Å². The van der Waals surface area contributed by atoms with Crippen LogP contribution in [-0.2, 0) is 19.1 Å². The van der Waals surface area contributed by atoms with Gasteiger partial charge in [0, 0.05) is 50.6 Å². The summed E-state index contributed by atoms with van der Waals surface area (Å²) < 4.78 is 10.2. The van der Waals surface area contributed by atoms with Gasteiger partial charge in [0.05, 0.1) is 13.0 Å².